The Hall–Kier alpha value is -0.300. The van der Waals surface area contributed by atoms with E-state index in [4.69, 9.17) is 0 Å². The lowest BCUT2D eigenvalue weighted by Gasteiger charge is -2.53. The fourth-order valence-corrected chi connectivity index (χ4v) is 3.20. The van der Waals surface area contributed by atoms with Crippen molar-refractivity contribution >= 4 is 0 Å². The van der Waals surface area contributed by atoms with Crippen molar-refractivity contribution in [1.82, 2.24) is 5.32 Å². The quantitative estimate of drug-likeness (QED) is 0.678. The van der Waals surface area contributed by atoms with Gasteiger partial charge in [-0.05, 0) is 38.0 Å². The van der Waals surface area contributed by atoms with E-state index in [0.717, 1.165) is 6.04 Å². The van der Waals surface area contributed by atoms with Crippen LogP contribution in [0, 0.1) is 5.41 Å². The van der Waals surface area contributed by atoms with Gasteiger partial charge in [0.25, 0.3) is 0 Å². The van der Waals surface area contributed by atoms with Gasteiger partial charge in [-0.1, -0.05) is 25.3 Å². The van der Waals surface area contributed by atoms with E-state index in [1.54, 1.807) is 0 Å². The monoisotopic (exact) mass is 193 g/mol. The van der Waals surface area contributed by atoms with E-state index in [1.807, 2.05) is 6.08 Å². The van der Waals surface area contributed by atoms with Crippen molar-refractivity contribution in [2.45, 2.75) is 64.0 Å². The van der Waals surface area contributed by atoms with Crippen LogP contribution in [0.4, 0.5) is 0 Å². The Bertz CT molecular complexity index is 203. The van der Waals surface area contributed by atoms with Gasteiger partial charge in [-0.3, -0.25) is 0 Å². The van der Waals surface area contributed by atoms with E-state index >= 15 is 0 Å². The van der Waals surface area contributed by atoms with Gasteiger partial charge in [0.15, 0.2) is 0 Å². The molecule has 1 nitrogen and oxygen atoms in total. The van der Waals surface area contributed by atoms with Crippen molar-refractivity contribution in [1.29, 1.82) is 0 Å². The third-order valence-electron chi connectivity index (χ3n) is 4.34. The molecule has 0 saturated heterocycles. The zero-order valence-electron chi connectivity index (χ0n) is 9.39. The highest BCUT2D eigenvalue weighted by molar-refractivity contribution is 5.03. The third kappa shape index (κ3) is 1.75. The van der Waals surface area contributed by atoms with Crippen LogP contribution >= 0.6 is 0 Å². The van der Waals surface area contributed by atoms with Gasteiger partial charge < -0.3 is 5.32 Å². The van der Waals surface area contributed by atoms with Crippen LogP contribution in [0.2, 0.25) is 0 Å². The summed E-state index contributed by atoms with van der Waals surface area (Å²) >= 11 is 0. The first-order valence-corrected chi connectivity index (χ1v) is 6.15. The molecule has 2 unspecified atom stereocenters. The van der Waals surface area contributed by atoms with Crippen LogP contribution in [-0.4, -0.2) is 12.1 Å². The largest absolute Gasteiger partial charge is 0.308 e. The van der Waals surface area contributed by atoms with Gasteiger partial charge in [0, 0.05) is 12.1 Å². The van der Waals surface area contributed by atoms with Gasteiger partial charge in [0.2, 0.25) is 0 Å². The summed E-state index contributed by atoms with van der Waals surface area (Å²) < 4.78 is 0. The number of nitrogens with one attached hydrogen (secondary N) is 1. The SMILES string of the molecule is C=CC(C)NC1CCC12CCCCC2. The second-order valence-corrected chi connectivity index (χ2v) is 5.21. The van der Waals surface area contributed by atoms with Crippen LogP contribution in [0.5, 0.6) is 0 Å². The summed E-state index contributed by atoms with van der Waals surface area (Å²) in [6, 6.07) is 1.27. The summed E-state index contributed by atoms with van der Waals surface area (Å²) in [7, 11) is 0. The van der Waals surface area contributed by atoms with Crippen molar-refractivity contribution in [3.8, 4) is 0 Å². The summed E-state index contributed by atoms with van der Waals surface area (Å²) in [6.45, 7) is 6.05. The van der Waals surface area contributed by atoms with E-state index in [2.05, 4.69) is 18.8 Å². The first-order valence-electron chi connectivity index (χ1n) is 6.15. The van der Waals surface area contributed by atoms with Gasteiger partial charge in [0.05, 0.1) is 0 Å². The maximum Gasteiger partial charge on any atom is 0.0221 e. The summed E-state index contributed by atoms with van der Waals surface area (Å²) in [5.74, 6) is 0. The molecule has 0 aromatic heterocycles. The van der Waals surface area contributed by atoms with E-state index < -0.39 is 0 Å². The number of hydrogen-bond acceptors (Lipinski definition) is 1. The van der Waals surface area contributed by atoms with Crippen LogP contribution < -0.4 is 5.32 Å². The van der Waals surface area contributed by atoms with Crippen molar-refractivity contribution in [3.63, 3.8) is 0 Å². The van der Waals surface area contributed by atoms with Gasteiger partial charge in [-0.15, -0.1) is 6.58 Å². The summed E-state index contributed by atoms with van der Waals surface area (Å²) in [5, 5.41) is 3.71. The molecule has 80 valence electrons. The average molecular weight is 193 g/mol. The zero-order chi connectivity index (χ0) is 10.0. The lowest BCUT2D eigenvalue weighted by Crippen LogP contribution is -2.56. The second-order valence-electron chi connectivity index (χ2n) is 5.21. The topological polar surface area (TPSA) is 12.0 Å². The molecule has 14 heavy (non-hydrogen) atoms. The van der Waals surface area contributed by atoms with E-state index in [1.165, 1.54) is 44.9 Å². The Morgan fingerprint density at radius 3 is 2.50 bits per heavy atom. The predicted octanol–water partition coefficient (Wildman–Crippen LogP) is 3.26. The van der Waals surface area contributed by atoms with Gasteiger partial charge >= 0.3 is 0 Å². The van der Waals surface area contributed by atoms with Crippen LogP contribution in [0.3, 0.4) is 0 Å². The molecule has 0 amide bonds. The minimum atomic E-state index is 0.485. The Morgan fingerprint density at radius 2 is 2.00 bits per heavy atom. The number of rotatable bonds is 3. The van der Waals surface area contributed by atoms with Crippen molar-refractivity contribution in [2.24, 2.45) is 5.41 Å². The Morgan fingerprint density at radius 1 is 1.29 bits per heavy atom. The summed E-state index contributed by atoms with van der Waals surface area (Å²) in [6.07, 6.45) is 12.2. The molecule has 0 aromatic rings. The third-order valence-corrected chi connectivity index (χ3v) is 4.34. The molecule has 2 aliphatic rings. The van der Waals surface area contributed by atoms with E-state index in [0.29, 0.717) is 11.5 Å². The van der Waals surface area contributed by atoms with Crippen molar-refractivity contribution in [2.75, 3.05) is 0 Å². The van der Waals surface area contributed by atoms with Gasteiger partial charge in [-0.2, -0.15) is 0 Å². The van der Waals surface area contributed by atoms with Crippen molar-refractivity contribution < 1.29 is 0 Å². The molecule has 2 saturated carbocycles. The lowest BCUT2D eigenvalue weighted by molar-refractivity contribution is 0.0204. The molecule has 0 radical (unpaired) electrons. The van der Waals surface area contributed by atoms with Crippen LogP contribution in [0.1, 0.15) is 51.9 Å². The predicted molar refractivity (Wildman–Crippen MR) is 61.3 cm³/mol. The van der Waals surface area contributed by atoms with Gasteiger partial charge in [-0.25, -0.2) is 0 Å². The highest BCUT2D eigenvalue weighted by Gasteiger charge is 2.46. The molecule has 0 aromatic carbocycles. The molecule has 0 aliphatic heterocycles. The van der Waals surface area contributed by atoms with Crippen LogP contribution in [-0.2, 0) is 0 Å². The van der Waals surface area contributed by atoms with Gasteiger partial charge in [0.1, 0.15) is 0 Å². The first-order chi connectivity index (χ1) is 6.77. The smallest absolute Gasteiger partial charge is 0.0221 e. The van der Waals surface area contributed by atoms with Crippen LogP contribution in [0.25, 0.3) is 0 Å². The Balaban J connectivity index is 1.90. The minimum Gasteiger partial charge on any atom is -0.308 e. The molecule has 2 rings (SSSR count). The second kappa shape index (κ2) is 4.06. The maximum atomic E-state index is 3.84. The lowest BCUT2D eigenvalue weighted by atomic mass is 9.57. The van der Waals surface area contributed by atoms with Crippen molar-refractivity contribution in [3.05, 3.63) is 12.7 Å². The summed E-state index contributed by atoms with van der Waals surface area (Å²) in [5.41, 5.74) is 0.690. The molecule has 2 aliphatic carbocycles. The highest BCUT2D eigenvalue weighted by Crippen LogP contribution is 2.51. The number of hydrogen-bond donors (Lipinski definition) is 1. The molecule has 0 heterocycles. The molecular formula is C13H23N. The molecule has 1 spiro atoms. The maximum absolute atomic E-state index is 3.84. The Kier molecular flexibility index (Phi) is 2.96. The minimum absolute atomic E-state index is 0.485. The normalized spacial score (nSPS) is 32.2. The van der Waals surface area contributed by atoms with E-state index in [9.17, 15) is 0 Å². The summed E-state index contributed by atoms with van der Waals surface area (Å²) in [4.78, 5) is 0. The van der Waals surface area contributed by atoms with E-state index in [-0.39, 0.29) is 0 Å². The highest BCUT2D eigenvalue weighted by atomic mass is 15.0. The fourth-order valence-electron chi connectivity index (χ4n) is 3.20. The molecule has 2 fully saturated rings. The first kappa shape index (κ1) is 10.2. The molecule has 1 heteroatoms. The van der Waals surface area contributed by atoms with Crippen LogP contribution in [0.15, 0.2) is 12.7 Å². The standard InChI is InChI=1S/C13H23N/c1-3-11(2)14-12-7-10-13(12)8-5-4-6-9-13/h3,11-12,14H,1,4-10H2,2H3. The molecular weight excluding hydrogens is 170 g/mol. The zero-order valence-corrected chi connectivity index (χ0v) is 9.39. The molecule has 2 atom stereocenters. The Labute approximate surface area is 88.0 Å². The molecule has 1 N–H and O–H groups in total. The average Bonchev–Trinajstić information content (AvgIpc) is 2.25. The molecule has 0 bridgehead atoms. The fraction of sp³-hybridized carbons (Fsp3) is 0.846.